The lowest BCUT2D eigenvalue weighted by Crippen LogP contribution is -2.09. The third kappa shape index (κ3) is 5.20. The third-order valence-electron chi connectivity index (χ3n) is 10.2. The number of furan rings is 2. The molecule has 0 aliphatic rings. The zero-order chi connectivity index (χ0) is 43.3. The largest absolute Gasteiger partial charge is 0.456 e. The third-order valence-corrected chi connectivity index (χ3v) is 10.2. The van der Waals surface area contributed by atoms with Gasteiger partial charge in [-0.3, -0.25) is 0 Å². The van der Waals surface area contributed by atoms with Gasteiger partial charge in [-0.2, -0.15) is 0 Å². The lowest BCUT2D eigenvalue weighted by molar-refractivity contribution is 0.668. The molecule has 2 aromatic heterocycles. The average molecular weight is 712 g/mol. The summed E-state index contributed by atoms with van der Waals surface area (Å²) >= 11 is 0. The summed E-state index contributed by atoms with van der Waals surface area (Å²) in [7, 11) is 0. The molecule has 0 atom stereocenters. The molecule has 0 radical (unpaired) electrons. The maximum atomic E-state index is 9.64. The minimum atomic E-state index is -0.426. The Bertz CT molecular complexity index is 3440. The van der Waals surface area contributed by atoms with E-state index < -0.39 is 24.2 Å². The zero-order valence-corrected chi connectivity index (χ0v) is 29.2. The highest BCUT2D eigenvalue weighted by atomic mass is 16.3. The molecule has 0 aliphatic heterocycles. The van der Waals surface area contributed by atoms with Crippen LogP contribution >= 0.6 is 0 Å². The summed E-state index contributed by atoms with van der Waals surface area (Å²) in [6.45, 7) is 0. The standard InChI is InChI=1S/C52H33NO2/c1-2-12-41-34(10-1)11-7-15-42(41)35-22-28-38(29-23-35)53(39-30-24-36(25-31-39)43-16-8-20-49-51(43)45-13-3-5-18-47(45)54-49)40-32-26-37(27-33-40)44-17-9-21-50-52(44)46-14-4-6-19-48(46)55-50/h1-33H/i24D,25D,26D,27D,30D,31D,32D,33D. The predicted octanol–water partition coefficient (Wildman–Crippen LogP) is 15.1. The molecule has 55 heavy (non-hydrogen) atoms. The van der Waals surface area contributed by atoms with E-state index >= 15 is 0 Å². The number of hydrogen-bond donors (Lipinski definition) is 0. The molecule has 9 aromatic carbocycles. The van der Waals surface area contributed by atoms with Crippen LogP contribution in [0, 0.1) is 0 Å². The summed E-state index contributed by atoms with van der Waals surface area (Å²) in [5.41, 5.74) is 5.03. The van der Waals surface area contributed by atoms with Crippen LogP contribution in [0.2, 0.25) is 0 Å². The van der Waals surface area contributed by atoms with Crippen molar-refractivity contribution in [3.05, 3.63) is 200 Å². The molecule has 0 N–H and O–H groups in total. The molecule has 11 rings (SSSR count). The van der Waals surface area contributed by atoms with E-state index in [9.17, 15) is 11.0 Å². The van der Waals surface area contributed by atoms with E-state index in [4.69, 9.17) is 8.83 Å². The molecular formula is C52H33NO2. The van der Waals surface area contributed by atoms with Crippen molar-refractivity contribution < 1.29 is 19.8 Å². The summed E-state index contributed by atoms with van der Waals surface area (Å²) in [5, 5.41) is 4.93. The summed E-state index contributed by atoms with van der Waals surface area (Å²) in [5.74, 6) is 0. The van der Waals surface area contributed by atoms with Crippen molar-refractivity contribution in [2.75, 3.05) is 4.90 Å². The predicted molar refractivity (Wildman–Crippen MR) is 229 cm³/mol. The number of hydrogen-bond acceptors (Lipinski definition) is 3. The van der Waals surface area contributed by atoms with Crippen molar-refractivity contribution in [1.82, 2.24) is 0 Å². The molecule has 3 nitrogen and oxygen atoms in total. The van der Waals surface area contributed by atoms with Crippen molar-refractivity contribution in [3.63, 3.8) is 0 Å². The molecule has 0 saturated carbocycles. The van der Waals surface area contributed by atoms with E-state index in [-0.39, 0.29) is 46.7 Å². The van der Waals surface area contributed by atoms with Gasteiger partial charge in [-0.25, -0.2) is 0 Å². The van der Waals surface area contributed by atoms with Crippen LogP contribution in [-0.2, 0) is 0 Å². The van der Waals surface area contributed by atoms with E-state index in [0.717, 1.165) is 32.7 Å². The minimum Gasteiger partial charge on any atom is -0.456 e. The maximum absolute atomic E-state index is 9.64. The second-order valence-electron chi connectivity index (χ2n) is 13.4. The molecule has 3 heteroatoms. The zero-order valence-electron chi connectivity index (χ0n) is 37.2. The lowest BCUT2D eigenvalue weighted by atomic mass is 9.97. The number of benzene rings is 9. The fraction of sp³-hybridized carbons (Fsp3) is 0. The van der Waals surface area contributed by atoms with Crippen molar-refractivity contribution in [1.29, 1.82) is 0 Å². The molecule has 0 unspecified atom stereocenters. The molecule has 0 fully saturated rings. The number of para-hydroxylation sites is 2. The number of anilines is 3. The first-order valence-corrected chi connectivity index (χ1v) is 18.0. The Hall–Kier alpha value is -7.36. The summed E-state index contributed by atoms with van der Waals surface area (Å²) in [4.78, 5) is 1.34. The highest BCUT2D eigenvalue weighted by Crippen LogP contribution is 2.42. The van der Waals surface area contributed by atoms with Crippen LogP contribution in [0.15, 0.2) is 209 Å². The lowest BCUT2D eigenvalue weighted by Gasteiger charge is -2.26. The Morgan fingerprint density at radius 2 is 0.764 bits per heavy atom. The molecule has 0 spiro atoms. The fourth-order valence-corrected chi connectivity index (χ4v) is 7.71. The Labute approximate surface area is 329 Å². The van der Waals surface area contributed by atoms with Crippen LogP contribution in [0.3, 0.4) is 0 Å². The molecule has 0 amide bonds. The van der Waals surface area contributed by atoms with Crippen LogP contribution in [0.1, 0.15) is 11.0 Å². The van der Waals surface area contributed by atoms with Gasteiger partial charge < -0.3 is 13.7 Å². The van der Waals surface area contributed by atoms with Crippen molar-refractivity contribution in [2.24, 2.45) is 0 Å². The van der Waals surface area contributed by atoms with Gasteiger partial charge in [0, 0.05) is 38.6 Å². The Kier molecular flexibility index (Phi) is 5.53. The van der Waals surface area contributed by atoms with Gasteiger partial charge in [-0.05, 0) is 105 Å². The van der Waals surface area contributed by atoms with E-state index in [0.29, 0.717) is 49.9 Å². The monoisotopic (exact) mass is 711 g/mol. The fourth-order valence-electron chi connectivity index (χ4n) is 7.71. The number of rotatable bonds is 6. The first kappa shape index (κ1) is 24.1. The van der Waals surface area contributed by atoms with Crippen LogP contribution < -0.4 is 4.90 Å². The van der Waals surface area contributed by atoms with Crippen LogP contribution in [0.4, 0.5) is 17.1 Å². The van der Waals surface area contributed by atoms with Gasteiger partial charge in [0.05, 0.1) is 11.0 Å². The van der Waals surface area contributed by atoms with Crippen LogP contribution in [0.5, 0.6) is 0 Å². The first-order chi connectivity index (χ1) is 30.6. The number of nitrogens with zero attached hydrogens (tertiary/aromatic N) is 1. The van der Waals surface area contributed by atoms with E-state index in [1.54, 1.807) is 48.5 Å². The Morgan fingerprint density at radius 3 is 1.33 bits per heavy atom. The molecule has 0 bridgehead atoms. The van der Waals surface area contributed by atoms with E-state index in [1.807, 2.05) is 103 Å². The molecule has 2 heterocycles. The second kappa shape index (κ2) is 12.6. The molecule has 11 aromatic rings. The highest BCUT2D eigenvalue weighted by molar-refractivity contribution is 6.13. The van der Waals surface area contributed by atoms with Crippen molar-refractivity contribution >= 4 is 71.7 Å². The average Bonchev–Trinajstić information content (AvgIpc) is 3.89. The quantitative estimate of drug-likeness (QED) is 0.172. The summed E-state index contributed by atoms with van der Waals surface area (Å²) in [6.07, 6.45) is 0. The Morgan fingerprint density at radius 1 is 0.327 bits per heavy atom. The van der Waals surface area contributed by atoms with Crippen LogP contribution in [-0.4, -0.2) is 0 Å². The maximum Gasteiger partial charge on any atom is 0.136 e. The smallest absolute Gasteiger partial charge is 0.136 e. The Balaban J connectivity index is 1.16. The molecule has 258 valence electrons. The summed E-state index contributed by atoms with van der Waals surface area (Å²) in [6, 6.07) is 43.8. The SMILES string of the molecule is [2H]c1c([2H])c(N(c2ccc(-c3cccc4ccccc34)cc2)c2c([2H])c([2H])c(-c3cccc4oc5ccccc5c34)c([2H])c2[2H])c([2H])c([2H])c1-c1cccc2oc3ccccc3c12. The van der Waals surface area contributed by atoms with Crippen molar-refractivity contribution in [2.45, 2.75) is 0 Å². The van der Waals surface area contributed by atoms with Gasteiger partial charge in [-0.15, -0.1) is 0 Å². The van der Waals surface area contributed by atoms with Gasteiger partial charge in [0.1, 0.15) is 22.3 Å². The summed E-state index contributed by atoms with van der Waals surface area (Å²) < 4.78 is 88.9. The topological polar surface area (TPSA) is 29.5 Å². The van der Waals surface area contributed by atoms with E-state index in [1.165, 1.54) is 4.90 Å². The van der Waals surface area contributed by atoms with Crippen LogP contribution in [0.25, 0.3) is 88.0 Å². The second-order valence-corrected chi connectivity index (χ2v) is 13.4. The van der Waals surface area contributed by atoms with E-state index in [2.05, 4.69) is 0 Å². The first-order valence-electron chi connectivity index (χ1n) is 22.0. The van der Waals surface area contributed by atoms with Gasteiger partial charge in [-0.1, -0.05) is 139 Å². The normalized spacial score (nSPS) is 13.7. The molecule has 0 saturated heterocycles. The minimum absolute atomic E-state index is 0.0625. The highest BCUT2D eigenvalue weighted by Gasteiger charge is 2.17. The van der Waals surface area contributed by atoms with Gasteiger partial charge in [0.15, 0.2) is 0 Å². The van der Waals surface area contributed by atoms with Gasteiger partial charge >= 0.3 is 0 Å². The van der Waals surface area contributed by atoms with Gasteiger partial charge in [0.25, 0.3) is 0 Å². The van der Waals surface area contributed by atoms with Crippen molar-refractivity contribution in [3.8, 4) is 33.4 Å². The van der Waals surface area contributed by atoms with Gasteiger partial charge in [0.2, 0.25) is 0 Å². The molecular weight excluding hydrogens is 671 g/mol. The molecule has 0 aliphatic carbocycles. The number of fused-ring (bicyclic) bond motifs is 7.